The molecule has 2 amide bonds. The van der Waals surface area contributed by atoms with Crippen molar-refractivity contribution < 1.29 is 9.59 Å². The Hall–Kier alpha value is -3.65. The van der Waals surface area contributed by atoms with Crippen LogP contribution in [0.15, 0.2) is 59.4 Å². The molecule has 1 saturated heterocycles. The second-order valence-electron chi connectivity index (χ2n) is 9.08. The monoisotopic (exact) mass is 491 g/mol. The van der Waals surface area contributed by atoms with E-state index in [9.17, 15) is 14.4 Å². The number of fused-ring (bicyclic) bond motifs is 1. The highest BCUT2D eigenvalue weighted by molar-refractivity contribution is 6.30. The van der Waals surface area contributed by atoms with Crippen molar-refractivity contribution in [1.82, 2.24) is 9.97 Å². The predicted molar refractivity (Wildman–Crippen MR) is 136 cm³/mol. The van der Waals surface area contributed by atoms with Gasteiger partial charge in [-0.1, -0.05) is 48.0 Å². The van der Waals surface area contributed by atoms with Crippen LogP contribution in [-0.2, 0) is 16.0 Å². The first-order valence-electron chi connectivity index (χ1n) is 11.8. The molecule has 2 aliphatic heterocycles. The fraction of sp³-hybridized carbons (Fsp3) is 0.308. The Balaban J connectivity index is 1.32. The van der Waals surface area contributed by atoms with Gasteiger partial charge in [-0.25, -0.2) is 0 Å². The number of hydrogen-bond donors (Lipinski definition) is 3. The molecule has 3 aromatic rings. The third-order valence-electron chi connectivity index (χ3n) is 6.63. The first-order valence-corrected chi connectivity index (χ1v) is 12.1. The second-order valence-corrected chi connectivity index (χ2v) is 9.51. The number of benzene rings is 2. The Bertz CT molecular complexity index is 1300. The number of carbonyl (C=O) groups is 2. The zero-order chi connectivity index (χ0) is 24.4. The Kier molecular flexibility index (Phi) is 6.55. The summed E-state index contributed by atoms with van der Waals surface area (Å²) < 4.78 is 0. The van der Waals surface area contributed by atoms with Crippen molar-refractivity contribution in [3.8, 4) is 0 Å². The summed E-state index contributed by atoms with van der Waals surface area (Å²) in [6, 6.07) is 17.1. The number of anilines is 3. The Morgan fingerprint density at radius 2 is 1.86 bits per heavy atom. The quantitative estimate of drug-likeness (QED) is 0.501. The van der Waals surface area contributed by atoms with Crippen molar-refractivity contribution in [3.05, 3.63) is 81.1 Å². The van der Waals surface area contributed by atoms with E-state index in [1.807, 2.05) is 11.0 Å². The Labute approximate surface area is 207 Å². The average Bonchev–Trinajstić information content (AvgIpc) is 2.84. The van der Waals surface area contributed by atoms with Crippen LogP contribution in [0.5, 0.6) is 0 Å². The number of aromatic nitrogens is 2. The van der Waals surface area contributed by atoms with E-state index in [1.165, 1.54) is 5.56 Å². The second kappa shape index (κ2) is 9.92. The number of hydrogen-bond acceptors (Lipinski definition) is 5. The number of carbonyl (C=O) groups excluding carboxylic acids is 2. The normalized spacial score (nSPS) is 18.0. The van der Waals surface area contributed by atoms with Crippen LogP contribution in [0.2, 0.25) is 5.02 Å². The molecule has 9 heteroatoms. The lowest BCUT2D eigenvalue weighted by molar-refractivity contribution is -0.123. The number of nitrogens with zero attached hydrogens (tertiary/aromatic N) is 2. The lowest BCUT2D eigenvalue weighted by Crippen LogP contribution is -2.40. The van der Waals surface area contributed by atoms with Gasteiger partial charge >= 0.3 is 0 Å². The van der Waals surface area contributed by atoms with Crippen molar-refractivity contribution in [2.45, 2.75) is 31.6 Å². The van der Waals surface area contributed by atoms with Gasteiger partial charge in [-0.15, -0.1) is 0 Å². The first kappa shape index (κ1) is 23.1. The molecule has 0 bridgehead atoms. The van der Waals surface area contributed by atoms with E-state index >= 15 is 0 Å². The van der Waals surface area contributed by atoms with Gasteiger partial charge in [-0.05, 0) is 48.9 Å². The molecule has 1 aromatic heterocycles. The van der Waals surface area contributed by atoms with Crippen molar-refractivity contribution in [2.24, 2.45) is 5.92 Å². The van der Waals surface area contributed by atoms with Crippen LogP contribution in [0.1, 0.15) is 36.3 Å². The molecule has 0 radical (unpaired) electrons. The molecular weight excluding hydrogens is 466 g/mol. The zero-order valence-electron chi connectivity index (χ0n) is 19.1. The van der Waals surface area contributed by atoms with Gasteiger partial charge in [0.05, 0.1) is 11.5 Å². The number of halogens is 1. The molecule has 3 N–H and O–H groups in total. The molecule has 35 heavy (non-hydrogen) atoms. The molecule has 180 valence electrons. The predicted octanol–water partition coefficient (Wildman–Crippen LogP) is 3.95. The van der Waals surface area contributed by atoms with E-state index < -0.39 is 17.4 Å². The molecule has 1 fully saturated rings. The molecule has 0 spiro atoms. The lowest BCUT2D eigenvalue weighted by Gasteiger charge is -2.33. The van der Waals surface area contributed by atoms with Crippen LogP contribution < -0.4 is 21.1 Å². The SMILES string of the molecule is O=C1CC(C(=O)Nc2cccc(Cl)c2)c2c(nc(N3CCC(Cc4ccccc4)CC3)[nH]c2=O)N1. The zero-order valence-corrected chi connectivity index (χ0v) is 19.8. The lowest BCUT2D eigenvalue weighted by atomic mass is 9.90. The fourth-order valence-corrected chi connectivity index (χ4v) is 5.02. The van der Waals surface area contributed by atoms with Gasteiger partial charge in [-0.3, -0.25) is 19.4 Å². The summed E-state index contributed by atoms with van der Waals surface area (Å²) in [6.45, 7) is 1.51. The molecule has 2 aliphatic rings. The van der Waals surface area contributed by atoms with Crippen molar-refractivity contribution in [2.75, 3.05) is 28.6 Å². The van der Waals surface area contributed by atoms with Crippen molar-refractivity contribution >= 4 is 40.9 Å². The Morgan fingerprint density at radius 3 is 2.60 bits per heavy atom. The van der Waals surface area contributed by atoms with Crippen molar-refractivity contribution in [1.29, 1.82) is 0 Å². The van der Waals surface area contributed by atoms with E-state index in [0.717, 1.165) is 32.4 Å². The van der Waals surface area contributed by atoms with E-state index in [4.69, 9.17) is 11.6 Å². The van der Waals surface area contributed by atoms with Crippen molar-refractivity contribution in [3.63, 3.8) is 0 Å². The van der Waals surface area contributed by atoms with Gasteiger partial charge < -0.3 is 15.5 Å². The van der Waals surface area contributed by atoms with Gasteiger partial charge in [0.15, 0.2) is 0 Å². The molecule has 3 heterocycles. The highest BCUT2D eigenvalue weighted by Crippen LogP contribution is 2.31. The number of piperidine rings is 1. The summed E-state index contributed by atoms with van der Waals surface area (Å²) in [5.74, 6) is -0.614. The summed E-state index contributed by atoms with van der Waals surface area (Å²) in [5.41, 5.74) is 1.58. The molecular formula is C26H26ClN5O3. The molecule has 5 rings (SSSR count). The molecule has 2 aromatic carbocycles. The summed E-state index contributed by atoms with van der Waals surface area (Å²) in [4.78, 5) is 47.9. The molecule has 8 nitrogen and oxygen atoms in total. The summed E-state index contributed by atoms with van der Waals surface area (Å²) in [5, 5.41) is 5.90. The van der Waals surface area contributed by atoms with Crippen LogP contribution in [0.25, 0.3) is 0 Å². The standard InChI is InChI=1S/C26H26ClN5O3/c27-18-7-4-8-19(14-18)28-24(34)20-15-21(33)29-23-22(20)25(35)31-26(30-23)32-11-9-17(10-12-32)13-16-5-2-1-3-6-16/h1-8,14,17,20H,9-13,15H2,(H,28,34)(H2,29,30,31,33,35). The first-order chi connectivity index (χ1) is 17.0. The average molecular weight is 492 g/mol. The maximum absolute atomic E-state index is 13.1. The highest BCUT2D eigenvalue weighted by atomic mass is 35.5. The molecule has 0 aliphatic carbocycles. The van der Waals surface area contributed by atoms with Gasteiger partial charge in [0, 0.05) is 30.2 Å². The van der Waals surface area contributed by atoms with Gasteiger partial charge in [0.2, 0.25) is 17.8 Å². The molecule has 1 atom stereocenters. The van der Waals surface area contributed by atoms with Crippen LogP contribution in [0, 0.1) is 5.92 Å². The summed E-state index contributed by atoms with van der Waals surface area (Å²) >= 11 is 6.00. The number of nitrogens with one attached hydrogen (secondary N) is 3. The van der Waals surface area contributed by atoms with Gasteiger partial charge in [0.25, 0.3) is 5.56 Å². The van der Waals surface area contributed by atoms with Crippen LogP contribution in [-0.4, -0.2) is 34.9 Å². The van der Waals surface area contributed by atoms with E-state index in [2.05, 4.69) is 44.9 Å². The Morgan fingerprint density at radius 1 is 1.09 bits per heavy atom. The van der Waals surface area contributed by atoms with E-state index in [0.29, 0.717) is 22.6 Å². The third kappa shape index (κ3) is 5.22. The summed E-state index contributed by atoms with van der Waals surface area (Å²) in [7, 11) is 0. The van der Waals surface area contributed by atoms with Crippen LogP contribution >= 0.6 is 11.6 Å². The minimum absolute atomic E-state index is 0.131. The minimum atomic E-state index is -0.945. The summed E-state index contributed by atoms with van der Waals surface area (Å²) in [6.07, 6.45) is 2.86. The fourth-order valence-electron chi connectivity index (χ4n) is 4.83. The van der Waals surface area contributed by atoms with E-state index in [1.54, 1.807) is 24.3 Å². The van der Waals surface area contributed by atoms with Gasteiger partial charge in [0.1, 0.15) is 5.82 Å². The number of H-pyrrole nitrogens is 1. The number of aromatic amines is 1. The topological polar surface area (TPSA) is 107 Å². The maximum atomic E-state index is 13.1. The molecule has 0 saturated carbocycles. The third-order valence-corrected chi connectivity index (χ3v) is 6.86. The van der Waals surface area contributed by atoms with Crippen LogP contribution in [0.3, 0.4) is 0 Å². The van der Waals surface area contributed by atoms with E-state index in [-0.39, 0.29) is 23.7 Å². The van der Waals surface area contributed by atoms with Crippen LogP contribution in [0.4, 0.5) is 17.5 Å². The maximum Gasteiger partial charge on any atom is 0.258 e. The number of rotatable bonds is 5. The molecule has 1 unspecified atom stereocenters. The highest BCUT2D eigenvalue weighted by Gasteiger charge is 2.35. The van der Waals surface area contributed by atoms with Gasteiger partial charge in [-0.2, -0.15) is 4.98 Å². The minimum Gasteiger partial charge on any atom is -0.342 e. The largest absolute Gasteiger partial charge is 0.342 e. The number of amides is 2. The smallest absolute Gasteiger partial charge is 0.258 e.